The molecule has 6 nitrogen and oxygen atoms in total. The average molecular weight is 385 g/mol. The molecule has 0 bridgehead atoms. The number of hydrogen-bond donors (Lipinski definition) is 3. The Bertz CT molecular complexity index is 907. The number of carbonyl (C=O) groups excluding carboxylic acids is 2. The molecule has 0 aromatic heterocycles. The minimum absolute atomic E-state index is 0.0655. The van der Waals surface area contributed by atoms with Crippen molar-refractivity contribution in [1.29, 1.82) is 0 Å². The molecule has 3 N–H and O–H groups in total. The van der Waals surface area contributed by atoms with E-state index in [0.29, 0.717) is 42.2 Å². The Labute approximate surface area is 162 Å². The second kappa shape index (κ2) is 6.78. The highest BCUT2D eigenvalue weighted by Gasteiger charge is 2.41. The molecular formula is C20H21ClN4O2. The van der Waals surface area contributed by atoms with E-state index in [1.807, 2.05) is 25.1 Å². The lowest BCUT2D eigenvalue weighted by atomic mass is 9.91. The molecule has 1 saturated heterocycles. The summed E-state index contributed by atoms with van der Waals surface area (Å²) in [6.45, 7) is 3.08. The van der Waals surface area contributed by atoms with Gasteiger partial charge in [0.25, 0.3) is 5.91 Å². The third kappa shape index (κ3) is 3.45. The van der Waals surface area contributed by atoms with E-state index in [9.17, 15) is 9.59 Å². The van der Waals surface area contributed by atoms with Crippen molar-refractivity contribution < 1.29 is 9.59 Å². The van der Waals surface area contributed by atoms with Crippen molar-refractivity contribution in [3.8, 4) is 0 Å². The molecule has 0 saturated carbocycles. The van der Waals surface area contributed by atoms with Crippen LogP contribution in [0.5, 0.6) is 0 Å². The van der Waals surface area contributed by atoms with Gasteiger partial charge in [0.1, 0.15) is 5.66 Å². The number of carbonyl (C=O) groups is 2. The van der Waals surface area contributed by atoms with E-state index in [4.69, 9.17) is 11.6 Å². The number of piperidine rings is 1. The number of nitrogens with zero attached hydrogens (tertiary/aromatic N) is 1. The van der Waals surface area contributed by atoms with Crippen LogP contribution in [0, 0.1) is 6.92 Å². The van der Waals surface area contributed by atoms with Crippen molar-refractivity contribution in [2.45, 2.75) is 25.4 Å². The fourth-order valence-electron chi connectivity index (χ4n) is 3.69. The Kier molecular flexibility index (Phi) is 4.44. The number of para-hydroxylation sites is 1. The molecule has 1 fully saturated rings. The summed E-state index contributed by atoms with van der Waals surface area (Å²) in [4.78, 5) is 26.8. The summed E-state index contributed by atoms with van der Waals surface area (Å²) in [7, 11) is 0. The van der Waals surface area contributed by atoms with Crippen LogP contribution in [0.25, 0.3) is 0 Å². The fraction of sp³-hybridized carbons (Fsp3) is 0.300. The predicted octanol–water partition coefficient (Wildman–Crippen LogP) is 3.83. The number of likely N-dealkylation sites (tertiary alicyclic amines) is 1. The maximum atomic E-state index is 12.5. The number of amides is 3. The Balaban J connectivity index is 1.44. The number of anilines is 2. The van der Waals surface area contributed by atoms with E-state index >= 15 is 0 Å². The molecule has 3 amide bonds. The molecule has 140 valence electrons. The highest BCUT2D eigenvalue weighted by molar-refractivity contribution is 6.30. The first-order valence-corrected chi connectivity index (χ1v) is 9.35. The highest BCUT2D eigenvalue weighted by atomic mass is 35.5. The summed E-state index contributed by atoms with van der Waals surface area (Å²) in [6.07, 6.45) is 1.27. The van der Waals surface area contributed by atoms with Gasteiger partial charge in [-0.25, -0.2) is 4.79 Å². The van der Waals surface area contributed by atoms with Crippen LogP contribution in [0.1, 0.15) is 28.8 Å². The molecule has 2 aromatic carbocycles. The Morgan fingerprint density at radius 3 is 2.63 bits per heavy atom. The summed E-state index contributed by atoms with van der Waals surface area (Å²) in [5.41, 5.74) is 2.76. The van der Waals surface area contributed by atoms with Gasteiger partial charge < -0.3 is 20.9 Å². The maximum Gasteiger partial charge on any atom is 0.321 e. The topological polar surface area (TPSA) is 73.5 Å². The van der Waals surface area contributed by atoms with Gasteiger partial charge in [0, 0.05) is 36.6 Å². The number of halogens is 1. The van der Waals surface area contributed by atoms with Crippen LogP contribution < -0.4 is 16.0 Å². The Morgan fingerprint density at radius 1 is 1.15 bits per heavy atom. The summed E-state index contributed by atoms with van der Waals surface area (Å²) in [6, 6.07) is 12.6. The molecule has 4 rings (SSSR count). The molecule has 0 aliphatic carbocycles. The van der Waals surface area contributed by atoms with Crippen molar-refractivity contribution in [2.24, 2.45) is 0 Å². The van der Waals surface area contributed by atoms with Crippen molar-refractivity contribution in [3.63, 3.8) is 0 Å². The van der Waals surface area contributed by atoms with Crippen LogP contribution in [0.15, 0.2) is 42.5 Å². The quantitative estimate of drug-likeness (QED) is 0.699. The normalized spacial score (nSPS) is 17.7. The summed E-state index contributed by atoms with van der Waals surface area (Å²) in [5, 5.41) is 10.1. The lowest BCUT2D eigenvalue weighted by Gasteiger charge is -2.46. The van der Waals surface area contributed by atoms with Gasteiger partial charge in [-0.05, 0) is 36.8 Å². The van der Waals surface area contributed by atoms with Gasteiger partial charge in [-0.15, -0.1) is 0 Å². The second-order valence-electron chi connectivity index (χ2n) is 7.09. The zero-order valence-electron chi connectivity index (χ0n) is 15.0. The zero-order chi connectivity index (χ0) is 19.0. The number of rotatable bonds is 1. The van der Waals surface area contributed by atoms with E-state index in [1.165, 1.54) is 0 Å². The molecular weight excluding hydrogens is 364 g/mol. The van der Waals surface area contributed by atoms with Gasteiger partial charge in [0.15, 0.2) is 0 Å². The van der Waals surface area contributed by atoms with Gasteiger partial charge in [0.05, 0.1) is 11.3 Å². The minimum Gasteiger partial charge on any atom is -0.362 e. The van der Waals surface area contributed by atoms with Gasteiger partial charge in [0.2, 0.25) is 0 Å². The molecule has 2 aliphatic heterocycles. The maximum absolute atomic E-state index is 12.5. The van der Waals surface area contributed by atoms with Gasteiger partial charge in [-0.1, -0.05) is 29.8 Å². The van der Waals surface area contributed by atoms with Gasteiger partial charge in [-0.3, -0.25) is 4.79 Å². The number of benzene rings is 2. The first kappa shape index (κ1) is 17.7. The number of hydrogen-bond acceptors (Lipinski definition) is 3. The van der Waals surface area contributed by atoms with Crippen molar-refractivity contribution in [2.75, 3.05) is 23.7 Å². The van der Waals surface area contributed by atoms with Crippen molar-refractivity contribution in [1.82, 2.24) is 10.2 Å². The molecule has 0 radical (unpaired) electrons. The molecule has 7 heteroatoms. The average Bonchev–Trinajstić information content (AvgIpc) is 2.63. The number of urea groups is 1. The highest BCUT2D eigenvalue weighted by Crippen LogP contribution is 2.33. The molecule has 2 aliphatic rings. The van der Waals surface area contributed by atoms with Crippen LogP contribution in [0.2, 0.25) is 5.02 Å². The number of nitrogens with one attached hydrogen (secondary N) is 3. The van der Waals surface area contributed by atoms with E-state index in [0.717, 1.165) is 11.3 Å². The van der Waals surface area contributed by atoms with Gasteiger partial charge >= 0.3 is 6.03 Å². The molecule has 2 aromatic rings. The first-order chi connectivity index (χ1) is 13.0. The lowest BCUT2D eigenvalue weighted by molar-refractivity contribution is 0.0851. The lowest BCUT2D eigenvalue weighted by Crippen LogP contribution is -2.63. The molecule has 27 heavy (non-hydrogen) atoms. The smallest absolute Gasteiger partial charge is 0.321 e. The van der Waals surface area contributed by atoms with E-state index in [2.05, 4.69) is 16.0 Å². The minimum atomic E-state index is -0.511. The third-order valence-corrected chi connectivity index (χ3v) is 5.45. The summed E-state index contributed by atoms with van der Waals surface area (Å²) in [5.74, 6) is -0.0655. The predicted molar refractivity (Wildman–Crippen MR) is 106 cm³/mol. The van der Waals surface area contributed by atoms with Crippen LogP contribution >= 0.6 is 11.6 Å². The molecule has 0 atom stereocenters. The number of fused-ring (bicyclic) bond motifs is 1. The van der Waals surface area contributed by atoms with E-state index in [-0.39, 0.29) is 11.9 Å². The van der Waals surface area contributed by atoms with Crippen LogP contribution in [0.4, 0.5) is 16.2 Å². The SMILES string of the molecule is Cc1cccc2c1NC1(CCN(C(=O)Nc3cccc(Cl)c3)CC1)NC2=O. The second-order valence-corrected chi connectivity index (χ2v) is 7.52. The monoisotopic (exact) mass is 384 g/mol. The van der Waals surface area contributed by atoms with E-state index < -0.39 is 5.66 Å². The molecule has 2 heterocycles. The third-order valence-electron chi connectivity index (χ3n) is 5.21. The van der Waals surface area contributed by atoms with Gasteiger partial charge in [-0.2, -0.15) is 0 Å². The van der Waals surface area contributed by atoms with Crippen LogP contribution in [-0.2, 0) is 0 Å². The van der Waals surface area contributed by atoms with Crippen molar-refractivity contribution in [3.05, 3.63) is 58.6 Å². The summed E-state index contributed by atoms with van der Waals surface area (Å²) < 4.78 is 0. The van der Waals surface area contributed by atoms with Crippen LogP contribution in [0.3, 0.4) is 0 Å². The summed E-state index contributed by atoms with van der Waals surface area (Å²) >= 11 is 5.97. The molecule has 1 spiro atoms. The molecule has 0 unspecified atom stereocenters. The standard InChI is InChI=1S/C20H21ClN4O2/c1-13-4-2-7-16-17(13)23-20(24-18(16)26)8-10-25(11-9-20)19(27)22-15-6-3-5-14(21)12-15/h2-7,12,23H,8-11H2,1H3,(H,22,27)(H,24,26). The fourth-order valence-corrected chi connectivity index (χ4v) is 3.88. The largest absolute Gasteiger partial charge is 0.362 e. The zero-order valence-corrected chi connectivity index (χ0v) is 15.8. The van der Waals surface area contributed by atoms with E-state index in [1.54, 1.807) is 29.2 Å². The number of aryl methyl sites for hydroxylation is 1. The van der Waals surface area contributed by atoms with Crippen molar-refractivity contribution >= 4 is 34.9 Å². The first-order valence-electron chi connectivity index (χ1n) is 8.98. The Hall–Kier alpha value is -2.73. The Morgan fingerprint density at radius 2 is 1.89 bits per heavy atom. The van der Waals surface area contributed by atoms with Crippen LogP contribution in [-0.4, -0.2) is 35.6 Å².